The van der Waals surface area contributed by atoms with E-state index in [4.69, 9.17) is 16.3 Å². The van der Waals surface area contributed by atoms with Gasteiger partial charge in [0.1, 0.15) is 6.54 Å². The van der Waals surface area contributed by atoms with Crippen LogP contribution in [-0.4, -0.2) is 28.5 Å². The van der Waals surface area contributed by atoms with Gasteiger partial charge in [-0.15, -0.1) is 0 Å². The number of carbonyl (C=O) groups is 2. The van der Waals surface area contributed by atoms with Gasteiger partial charge >= 0.3 is 5.97 Å². The van der Waals surface area contributed by atoms with Crippen LogP contribution in [0, 0.1) is 10.1 Å². The van der Waals surface area contributed by atoms with Crippen LogP contribution in [0.15, 0.2) is 53.5 Å². The number of ether oxygens (including phenoxy) is 1. The van der Waals surface area contributed by atoms with Crippen LogP contribution < -0.4 is 4.80 Å². The lowest BCUT2D eigenvalue weighted by atomic mass is 10.2. The predicted octanol–water partition coefficient (Wildman–Crippen LogP) is 3.58. The van der Waals surface area contributed by atoms with E-state index < -0.39 is 16.8 Å². The number of carbonyl (C=O) groups excluding carboxylic acids is 2. The molecule has 0 unspecified atom stereocenters. The third-order valence-corrected chi connectivity index (χ3v) is 5.16. The molecule has 0 aliphatic carbocycles. The number of nitro groups is 1. The Balaban J connectivity index is 1.93. The molecule has 29 heavy (non-hydrogen) atoms. The van der Waals surface area contributed by atoms with Crippen molar-refractivity contribution in [2.75, 3.05) is 7.11 Å². The Morgan fingerprint density at radius 1 is 1.28 bits per heavy atom. The first kappa shape index (κ1) is 20.4. The van der Waals surface area contributed by atoms with Gasteiger partial charge in [0, 0.05) is 23.2 Å². The Labute approximate surface area is 173 Å². The number of aromatic nitrogens is 1. The van der Waals surface area contributed by atoms with Crippen molar-refractivity contribution in [1.29, 1.82) is 0 Å². The van der Waals surface area contributed by atoms with Crippen LogP contribution in [0.5, 0.6) is 0 Å². The lowest BCUT2D eigenvalue weighted by molar-refractivity contribution is -0.384. The Bertz CT molecular complexity index is 1190. The molecule has 2 aromatic carbocycles. The highest BCUT2D eigenvalue weighted by Gasteiger charge is 2.11. The Morgan fingerprint density at radius 3 is 2.66 bits per heavy atom. The monoisotopic (exact) mass is 431 g/mol. The summed E-state index contributed by atoms with van der Waals surface area (Å²) in [5, 5.41) is 11.2. The molecule has 1 heterocycles. The lowest BCUT2D eigenvalue weighted by Gasteiger charge is -2.03. The number of benzene rings is 2. The van der Waals surface area contributed by atoms with Crippen molar-refractivity contribution in [2.45, 2.75) is 6.54 Å². The van der Waals surface area contributed by atoms with E-state index in [0.29, 0.717) is 20.9 Å². The second-order valence-corrected chi connectivity index (χ2v) is 7.24. The zero-order valence-corrected chi connectivity index (χ0v) is 16.6. The fourth-order valence-corrected chi connectivity index (χ4v) is 3.80. The van der Waals surface area contributed by atoms with Crippen LogP contribution in [-0.2, 0) is 20.9 Å². The molecule has 0 radical (unpaired) electrons. The molecule has 10 heteroatoms. The fourth-order valence-electron chi connectivity index (χ4n) is 2.49. The van der Waals surface area contributed by atoms with Gasteiger partial charge in [0.2, 0.25) is 0 Å². The van der Waals surface area contributed by atoms with Crippen molar-refractivity contribution < 1.29 is 19.2 Å². The molecule has 1 amide bonds. The summed E-state index contributed by atoms with van der Waals surface area (Å²) in [7, 11) is 1.28. The molecule has 1 aromatic heterocycles. The number of non-ortho nitro benzene ring substituents is 1. The van der Waals surface area contributed by atoms with Crippen LogP contribution in [0.4, 0.5) is 5.69 Å². The van der Waals surface area contributed by atoms with Gasteiger partial charge in [0.15, 0.2) is 4.80 Å². The maximum Gasteiger partial charge on any atom is 0.325 e. The van der Waals surface area contributed by atoms with E-state index in [1.165, 1.54) is 54.9 Å². The molecule has 0 spiro atoms. The highest BCUT2D eigenvalue weighted by atomic mass is 35.5. The number of hydrogen-bond acceptors (Lipinski definition) is 6. The normalized spacial score (nSPS) is 11.9. The molecular formula is C19H14ClN3O5S. The molecule has 3 rings (SSSR count). The minimum Gasteiger partial charge on any atom is -0.468 e. The van der Waals surface area contributed by atoms with E-state index >= 15 is 0 Å². The zero-order chi connectivity index (χ0) is 21.0. The average molecular weight is 432 g/mol. The van der Waals surface area contributed by atoms with Crippen LogP contribution >= 0.6 is 22.9 Å². The number of esters is 1. The molecule has 0 aliphatic rings. The summed E-state index contributed by atoms with van der Waals surface area (Å²) < 4.78 is 7.07. The molecule has 0 aliphatic heterocycles. The van der Waals surface area contributed by atoms with Gasteiger partial charge in [-0.3, -0.25) is 19.7 Å². The van der Waals surface area contributed by atoms with Crippen LogP contribution in [0.1, 0.15) is 5.56 Å². The van der Waals surface area contributed by atoms with E-state index in [2.05, 4.69) is 4.99 Å². The number of fused-ring (bicyclic) bond motifs is 1. The van der Waals surface area contributed by atoms with Crippen LogP contribution in [0.2, 0.25) is 5.02 Å². The highest BCUT2D eigenvalue weighted by molar-refractivity contribution is 7.16. The predicted molar refractivity (Wildman–Crippen MR) is 110 cm³/mol. The fraction of sp³-hybridized carbons (Fsp3) is 0.105. The van der Waals surface area contributed by atoms with Crippen molar-refractivity contribution in [3.8, 4) is 0 Å². The standard InChI is InChI=1S/C19H14ClN3O5S/c1-28-18(25)11-22-15-8-5-13(20)10-16(15)29-19(22)21-17(24)9-4-12-2-6-14(7-3-12)23(26)27/h2-10H,11H2,1H3/b9-4-,21-19?. The molecule has 0 atom stereocenters. The second-order valence-electron chi connectivity index (χ2n) is 5.79. The van der Waals surface area contributed by atoms with Crippen LogP contribution in [0.25, 0.3) is 16.3 Å². The maximum atomic E-state index is 12.3. The molecule has 3 aromatic rings. The molecule has 0 saturated heterocycles. The molecule has 8 nitrogen and oxygen atoms in total. The molecule has 0 saturated carbocycles. The summed E-state index contributed by atoms with van der Waals surface area (Å²) in [5.74, 6) is -1.02. The first-order chi connectivity index (χ1) is 13.9. The van der Waals surface area contributed by atoms with Crippen molar-refractivity contribution in [3.63, 3.8) is 0 Å². The molecule has 148 valence electrons. The van der Waals surface area contributed by atoms with Crippen LogP contribution in [0.3, 0.4) is 0 Å². The topological polar surface area (TPSA) is 104 Å². The van der Waals surface area contributed by atoms with Gasteiger partial charge < -0.3 is 9.30 Å². The largest absolute Gasteiger partial charge is 0.468 e. The second kappa shape index (κ2) is 8.80. The number of nitrogens with zero attached hydrogens (tertiary/aromatic N) is 3. The smallest absolute Gasteiger partial charge is 0.325 e. The molecular weight excluding hydrogens is 418 g/mol. The number of methoxy groups -OCH3 is 1. The van der Waals surface area contributed by atoms with Gasteiger partial charge in [-0.2, -0.15) is 4.99 Å². The van der Waals surface area contributed by atoms with Crippen molar-refractivity contribution in [3.05, 3.63) is 74.0 Å². The number of halogens is 1. The average Bonchev–Trinajstić information content (AvgIpc) is 3.02. The number of thiazole rings is 1. The third-order valence-electron chi connectivity index (χ3n) is 3.89. The minimum atomic E-state index is -0.542. The SMILES string of the molecule is COC(=O)Cn1c(=NC(=O)/C=C\c2ccc([N+](=O)[O-])cc2)sc2cc(Cl)ccc21. The molecule has 0 bridgehead atoms. The van der Waals surface area contributed by atoms with Crippen molar-refractivity contribution >= 4 is 56.8 Å². The van der Waals surface area contributed by atoms with Gasteiger partial charge in [0.25, 0.3) is 11.6 Å². The Hall–Kier alpha value is -3.30. The number of nitro benzene ring substituents is 1. The minimum absolute atomic E-state index is 0.0362. The number of hydrogen-bond donors (Lipinski definition) is 0. The summed E-state index contributed by atoms with van der Waals surface area (Å²) in [6.07, 6.45) is 2.76. The van der Waals surface area contributed by atoms with E-state index in [1.807, 2.05) is 0 Å². The Kier molecular flexibility index (Phi) is 6.20. The van der Waals surface area contributed by atoms with E-state index in [1.54, 1.807) is 22.8 Å². The maximum absolute atomic E-state index is 12.3. The van der Waals surface area contributed by atoms with E-state index in [-0.39, 0.29) is 12.2 Å². The van der Waals surface area contributed by atoms with E-state index in [0.717, 1.165) is 4.70 Å². The first-order valence-electron chi connectivity index (χ1n) is 8.24. The quantitative estimate of drug-likeness (QED) is 0.266. The summed E-state index contributed by atoms with van der Waals surface area (Å²) >= 11 is 7.24. The van der Waals surface area contributed by atoms with Gasteiger partial charge in [-0.1, -0.05) is 22.9 Å². The summed E-state index contributed by atoms with van der Waals surface area (Å²) in [6, 6.07) is 10.9. The van der Waals surface area contributed by atoms with Gasteiger partial charge in [-0.25, -0.2) is 0 Å². The zero-order valence-electron chi connectivity index (χ0n) is 15.1. The number of amides is 1. The Morgan fingerprint density at radius 2 is 2.00 bits per heavy atom. The summed E-state index contributed by atoms with van der Waals surface area (Å²) in [5.41, 5.74) is 1.28. The summed E-state index contributed by atoms with van der Waals surface area (Å²) in [6.45, 7) is -0.101. The van der Waals surface area contributed by atoms with E-state index in [9.17, 15) is 19.7 Å². The summed E-state index contributed by atoms with van der Waals surface area (Å²) in [4.78, 5) is 38.6. The highest BCUT2D eigenvalue weighted by Crippen LogP contribution is 2.22. The third kappa shape index (κ3) is 4.95. The number of rotatable bonds is 5. The van der Waals surface area contributed by atoms with Gasteiger partial charge in [0.05, 0.1) is 22.2 Å². The van der Waals surface area contributed by atoms with Gasteiger partial charge in [-0.05, 0) is 42.0 Å². The lowest BCUT2D eigenvalue weighted by Crippen LogP contribution is -2.22. The molecule has 0 N–H and O–H groups in total. The molecule has 0 fully saturated rings. The van der Waals surface area contributed by atoms with Crippen molar-refractivity contribution in [1.82, 2.24) is 4.57 Å². The van der Waals surface area contributed by atoms with Crippen molar-refractivity contribution in [2.24, 2.45) is 4.99 Å². The first-order valence-corrected chi connectivity index (χ1v) is 9.44.